The number of nitrogens with zero attached hydrogens (tertiary/aromatic N) is 1. The third kappa shape index (κ3) is 3.27. The van der Waals surface area contributed by atoms with Gasteiger partial charge >= 0.3 is 12.1 Å². The molecule has 0 bridgehead atoms. The molecule has 0 unspecified atom stereocenters. The Labute approximate surface area is 141 Å². The zero-order valence-corrected chi connectivity index (χ0v) is 14.2. The van der Waals surface area contributed by atoms with Gasteiger partial charge in [0.25, 0.3) is 0 Å². The lowest BCUT2D eigenvalue weighted by Gasteiger charge is -2.50. The van der Waals surface area contributed by atoms with Crippen molar-refractivity contribution in [1.29, 1.82) is 0 Å². The van der Waals surface area contributed by atoms with Crippen molar-refractivity contribution >= 4 is 17.8 Å². The molecule has 6 nitrogen and oxygen atoms in total. The van der Waals surface area contributed by atoms with Crippen LogP contribution in [0.3, 0.4) is 0 Å². The summed E-state index contributed by atoms with van der Waals surface area (Å²) in [6.45, 7) is 5.07. The number of carboxylic acid groups (broad SMARTS) is 1. The number of ether oxygens (including phenoxy) is 1. The van der Waals surface area contributed by atoms with Crippen molar-refractivity contribution in [3.8, 4) is 0 Å². The van der Waals surface area contributed by atoms with E-state index in [-0.39, 0.29) is 31.8 Å². The van der Waals surface area contributed by atoms with Crippen LogP contribution in [-0.2, 0) is 20.9 Å². The van der Waals surface area contributed by atoms with Crippen LogP contribution in [0.1, 0.15) is 39.2 Å². The number of benzene rings is 1. The van der Waals surface area contributed by atoms with E-state index in [2.05, 4.69) is 0 Å². The van der Waals surface area contributed by atoms with Crippen molar-refractivity contribution < 1.29 is 24.2 Å². The number of likely N-dealkylation sites (tertiary alicyclic amines) is 1. The van der Waals surface area contributed by atoms with Crippen molar-refractivity contribution in [2.75, 3.05) is 6.54 Å². The van der Waals surface area contributed by atoms with Crippen LogP contribution in [0.5, 0.6) is 0 Å². The van der Waals surface area contributed by atoms with Crippen LogP contribution in [0.4, 0.5) is 4.79 Å². The molecule has 24 heavy (non-hydrogen) atoms. The number of hydrogen-bond acceptors (Lipinski definition) is 4. The van der Waals surface area contributed by atoms with Crippen LogP contribution >= 0.6 is 0 Å². The van der Waals surface area contributed by atoms with Crippen LogP contribution in [0, 0.1) is 5.41 Å². The lowest BCUT2D eigenvalue weighted by Crippen LogP contribution is -2.67. The highest BCUT2D eigenvalue weighted by atomic mass is 16.6. The van der Waals surface area contributed by atoms with E-state index in [9.17, 15) is 19.5 Å². The molecule has 0 spiro atoms. The highest BCUT2D eigenvalue weighted by molar-refractivity contribution is 5.93. The second-order valence-corrected chi connectivity index (χ2v) is 7.08. The Morgan fingerprint density at radius 2 is 1.88 bits per heavy atom. The molecule has 1 aliphatic rings. The maximum Gasteiger partial charge on any atom is 0.411 e. The number of carboxylic acids is 1. The van der Waals surface area contributed by atoms with Gasteiger partial charge in [-0.25, -0.2) is 9.59 Å². The topological polar surface area (TPSA) is 83.9 Å². The molecule has 0 radical (unpaired) electrons. The van der Waals surface area contributed by atoms with Crippen LogP contribution in [0.2, 0.25) is 0 Å². The van der Waals surface area contributed by atoms with Crippen LogP contribution < -0.4 is 0 Å². The molecule has 1 saturated heterocycles. The third-order valence-corrected chi connectivity index (χ3v) is 4.58. The summed E-state index contributed by atoms with van der Waals surface area (Å²) in [5.74, 6) is -1.27. The molecule has 1 amide bonds. The Bertz CT molecular complexity index is 635. The van der Waals surface area contributed by atoms with Gasteiger partial charge in [0.15, 0.2) is 5.78 Å². The van der Waals surface area contributed by atoms with E-state index >= 15 is 0 Å². The van der Waals surface area contributed by atoms with Gasteiger partial charge in [-0.1, -0.05) is 51.1 Å². The Morgan fingerprint density at radius 3 is 2.42 bits per heavy atom. The number of ketones is 1. The summed E-state index contributed by atoms with van der Waals surface area (Å²) in [6, 6.07) is 9.12. The highest BCUT2D eigenvalue weighted by Gasteiger charge is 2.57. The predicted molar refractivity (Wildman–Crippen MR) is 87.4 cm³/mol. The minimum absolute atomic E-state index is 0.0320. The Morgan fingerprint density at radius 1 is 1.25 bits per heavy atom. The summed E-state index contributed by atoms with van der Waals surface area (Å²) in [7, 11) is 0. The summed E-state index contributed by atoms with van der Waals surface area (Å²) < 4.78 is 5.29. The summed E-state index contributed by atoms with van der Waals surface area (Å²) >= 11 is 0. The largest absolute Gasteiger partial charge is 0.479 e. The molecule has 2 rings (SSSR count). The molecule has 1 heterocycles. The number of carbonyl (C=O) groups excluding carboxylic acids is 2. The average molecular weight is 333 g/mol. The highest BCUT2D eigenvalue weighted by Crippen LogP contribution is 2.42. The Balaban J connectivity index is 2.26. The standard InChI is InChI=1S/C18H23NO5/c1-17(2,3)18(15(21)22)10-9-14(20)11-19(18)16(23)24-12-13-7-5-4-6-8-13/h4-8H,9-12H2,1-3H3,(H,21,22)/t18-/m1/s1. The summed E-state index contributed by atoms with van der Waals surface area (Å²) in [5, 5.41) is 9.85. The first kappa shape index (κ1) is 18.0. The number of amides is 1. The molecule has 1 atom stereocenters. The minimum atomic E-state index is -1.46. The zero-order chi connectivity index (χ0) is 18.0. The fourth-order valence-electron chi connectivity index (χ4n) is 3.19. The van der Waals surface area contributed by atoms with Gasteiger partial charge in [-0.05, 0) is 17.4 Å². The van der Waals surface area contributed by atoms with Crippen molar-refractivity contribution in [1.82, 2.24) is 4.90 Å². The van der Waals surface area contributed by atoms with Gasteiger partial charge in [0.2, 0.25) is 0 Å². The van der Waals surface area contributed by atoms with E-state index in [1.54, 1.807) is 20.8 Å². The number of rotatable bonds is 3. The molecule has 1 aromatic carbocycles. The van der Waals surface area contributed by atoms with Gasteiger partial charge in [0.1, 0.15) is 12.1 Å². The summed E-state index contributed by atoms with van der Waals surface area (Å²) in [6.07, 6.45) is -0.541. The number of carbonyl (C=O) groups is 3. The first-order valence-corrected chi connectivity index (χ1v) is 7.92. The van der Waals surface area contributed by atoms with E-state index in [0.29, 0.717) is 0 Å². The monoisotopic (exact) mass is 333 g/mol. The van der Waals surface area contributed by atoms with E-state index < -0.39 is 23.0 Å². The average Bonchev–Trinajstić information content (AvgIpc) is 2.52. The maximum atomic E-state index is 12.6. The molecule has 1 fully saturated rings. The molecule has 1 aromatic rings. The van der Waals surface area contributed by atoms with Crippen molar-refractivity contribution in [2.24, 2.45) is 5.41 Å². The fourth-order valence-corrected chi connectivity index (χ4v) is 3.19. The Hall–Kier alpha value is -2.37. The maximum absolute atomic E-state index is 12.6. The smallest absolute Gasteiger partial charge is 0.411 e. The summed E-state index contributed by atoms with van der Waals surface area (Å²) in [4.78, 5) is 37.6. The van der Waals surface area contributed by atoms with Gasteiger partial charge in [0, 0.05) is 6.42 Å². The SMILES string of the molecule is CC(C)(C)[C@]1(C(=O)O)CCC(=O)CN1C(=O)OCc1ccccc1. The predicted octanol–water partition coefficient (Wildman–Crippen LogP) is 2.86. The van der Waals surface area contributed by atoms with Crippen molar-refractivity contribution in [3.05, 3.63) is 35.9 Å². The number of Topliss-reactive ketones (excluding diaryl/α,β-unsaturated/α-hetero) is 1. The van der Waals surface area contributed by atoms with Crippen LogP contribution in [-0.4, -0.2) is 39.9 Å². The van der Waals surface area contributed by atoms with E-state index in [1.165, 1.54) is 0 Å². The fraction of sp³-hybridized carbons (Fsp3) is 0.500. The molecule has 6 heteroatoms. The van der Waals surface area contributed by atoms with Gasteiger partial charge < -0.3 is 9.84 Å². The molecule has 0 aromatic heterocycles. The van der Waals surface area contributed by atoms with Crippen LogP contribution in [0.25, 0.3) is 0 Å². The van der Waals surface area contributed by atoms with E-state index in [4.69, 9.17) is 4.74 Å². The van der Waals surface area contributed by atoms with Gasteiger partial charge in [-0.3, -0.25) is 9.69 Å². The second-order valence-electron chi connectivity index (χ2n) is 7.08. The van der Waals surface area contributed by atoms with Crippen molar-refractivity contribution in [2.45, 2.75) is 45.8 Å². The number of aliphatic carboxylic acids is 1. The molecule has 1 N–H and O–H groups in total. The van der Waals surface area contributed by atoms with E-state index in [1.807, 2.05) is 30.3 Å². The quantitative estimate of drug-likeness (QED) is 0.919. The van der Waals surface area contributed by atoms with Gasteiger partial charge in [0.05, 0.1) is 6.54 Å². The number of piperidine rings is 1. The summed E-state index contributed by atoms with van der Waals surface area (Å²) in [5.41, 5.74) is -1.41. The third-order valence-electron chi connectivity index (χ3n) is 4.58. The van der Waals surface area contributed by atoms with Gasteiger partial charge in [-0.2, -0.15) is 0 Å². The first-order chi connectivity index (χ1) is 11.2. The molecule has 1 aliphatic heterocycles. The second kappa shape index (κ2) is 6.63. The zero-order valence-electron chi connectivity index (χ0n) is 14.2. The van der Waals surface area contributed by atoms with E-state index in [0.717, 1.165) is 10.5 Å². The van der Waals surface area contributed by atoms with Crippen molar-refractivity contribution in [3.63, 3.8) is 0 Å². The molecular weight excluding hydrogens is 310 g/mol. The normalized spacial score (nSPS) is 21.5. The van der Waals surface area contributed by atoms with Crippen LogP contribution in [0.15, 0.2) is 30.3 Å². The first-order valence-electron chi connectivity index (χ1n) is 7.92. The lowest BCUT2D eigenvalue weighted by molar-refractivity contribution is -0.164. The number of hydrogen-bond donors (Lipinski definition) is 1. The molecule has 130 valence electrons. The molecule has 0 aliphatic carbocycles. The lowest BCUT2D eigenvalue weighted by atomic mass is 9.68. The van der Waals surface area contributed by atoms with Gasteiger partial charge in [-0.15, -0.1) is 0 Å². The molecule has 0 saturated carbocycles. The Kier molecular flexibility index (Phi) is 4.96. The molecular formula is C18H23NO5. The minimum Gasteiger partial charge on any atom is -0.479 e.